The highest BCUT2D eigenvalue weighted by Gasteiger charge is 2.30. The summed E-state index contributed by atoms with van der Waals surface area (Å²) in [5.74, 6) is 2.62. The number of fused-ring (bicyclic) bond motifs is 1. The van der Waals surface area contributed by atoms with Gasteiger partial charge in [-0.05, 0) is 32.0 Å². The van der Waals surface area contributed by atoms with Crippen molar-refractivity contribution in [3.63, 3.8) is 0 Å². The summed E-state index contributed by atoms with van der Waals surface area (Å²) < 4.78 is 1.92. The molecule has 0 bridgehead atoms. The van der Waals surface area contributed by atoms with E-state index in [9.17, 15) is 0 Å². The van der Waals surface area contributed by atoms with E-state index in [-0.39, 0.29) is 0 Å². The van der Waals surface area contributed by atoms with Gasteiger partial charge in [-0.2, -0.15) is 4.52 Å². The Morgan fingerprint density at radius 2 is 2.06 bits per heavy atom. The number of anilines is 1. The third-order valence-corrected chi connectivity index (χ3v) is 3.83. The summed E-state index contributed by atoms with van der Waals surface area (Å²) in [4.78, 5) is 2.28. The number of hydrogen-bond acceptors (Lipinski definition) is 5. The van der Waals surface area contributed by atoms with Gasteiger partial charge in [0.1, 0.15) is 5.82 Å². The first kappa shape index (κ1) is 10.3. The van der Waals surface area contributed by atoms with Crippen molar-refractivity contribution in [2.75, 3.05) is 25.0 Å². The molecular formula is C12H16N6. The van der Waals surface area contributed by atoms with Crippen LogP contribution in [0.15, 0.2) is 12.1 Å². The van der Waals surface area contributed by atoms with Crippen LogP contribution in [0.5, 0.6) is 0 Å². The maximum Gasteiger partial charge on any atom is 0.178 e. The highest BCUT2D eigenvalue weighted by Crippen LogP contribution is 2.38. The van der Waals surface area contributed by atoms with Gasteiger partial charge in [0.15, 0.2) is 11.5 Å². The summed E-state index contributed by atoms with van der Waals surface area (Å²) in [6, 6.07) is 4.63. The molecule has 1 saturated heterocycles. The maximum atomic E-state index is 4.68. The van der Waals surface area contributed by atoms with E-state index in [1.54, 1.807) is 0 Å². The molecular weight excluding hydrogens is 228 g/mol. The van der Waals surface area contributed by atoms with Gasteiger partial charge in [-0.3, -0.25) is 0 Å². The van der Waals surface area contributed by atoms with E-state index < -0.39 is 0 Å². The normalized spacial score (nSPS) is 20.4. The SMILES string of the molecule is CNC1CN(c2ccc3nnc(C4CC4)n3n2)C1. The van der Waals surface area contributed by atoms with Crippen molar-refractivity contribution in [2.24, 2.45) is 0 Å². The fourth-order valence-corrected chi connectivity index (χ4v) is 2.41. The zero-order chi connectivity index (χ0) is 12.1. The minimum atomic E-state index is 0.573. The average Bonchev–Trinajstić information content (AvgIpc) is 3.08. The summed E-state index contributed by atoms with van der Waals surface area (Å²) in [6.07, 6.45) is 2.44. The Labute approximate surface area is 105 Å². The Bertz CT molecular complexity index is 581. The number of hydrogen-bond donors (Lipinski definition) is 1. The number of nitrogens with one attached hydrogen (secondary N) is 1. The Hall–Kier alpha value is -1.69. The molecule has 4 rings (SSSR count). The summed E-state index contributed by atoms with van der Waals surface area (Å²) >= 11 is 0. The quantitative estimate of drug-likeness (QED) is 0.847. The molecule has 18 heavy (non-hydrogen) atoms. The van der Waals surface area contributed by atoms with Crippen LogP contribution in [0.1, 0.15) is 24.6 Å². The molecule has 0 aromatic carbocycles. The summed E-state index contributed by atoms with van der Waals surface area (Å²) in [6.45, 7) is 2.05. The second-order valence-electron chi connectivity index (χ2n) is 5.18. The van der Waals surface area contributed by atoms with E-state index in [2.05, 4.69) is 25.5 Å². The van der Waals surface area contributed by atoms with E-state index in [1.165, 1.54) is 12.8 Å². The molecule has 1 N–H and O–H groups in total. The van der Waals surface area contributed by atoms with Crippen molar-refractivity contribution in [1.29, 1.82) is 0 Å². The molecule has 6 nitrogen and oxygen atoms in total. The van der Waals surface area contributed by atoms with Crippen molar-refractivity contribution in [3.8, 4) is 0 Å². The Balaban J connectivity index is 1.68. The molecule has 0 unspecified atom stereocenters. The topological polar surface area (TPSA) is 58.3 Å². The molecule has 2 aromatic heterocycles. The third kappa shape index (κ3) is 1.49. The van der Waals surface area contributed by atoms with Crippen LogP contribution in [0.4, 0.5) is 5.82 Å². The molecule has 6 heteroatoms. The lowest BCUT2D eigenvalue weighted by Crippen LogP contribution is -2.57. The first-order valence-corrected chi connectivity index (χ1v) is 6.50. The second-order valence-corrected chi connectivity index (χ2v) is 5.18. The van der Waals surface area contributed by atoms with Gasteiger partial charge in [0, 0.05) is 25.0 Å². The predicted molar refractivity (Wildman–Crippen MR) is 67.8 cm³/mol. The van der Waals surface area contributed by atoms with Gasteiger partial charge >= 0.3 is 0 Å². The zero-order valence-electron chi connectivity index (χ0n) is 10.4. The Morgan fingerprint density at radius 1 is 1.22 bits per heavy atom. The standard InChI is InChI=1S/C12H16N6/c1-13-9-6-17(7-9)11-5-4-10-14-15-12(8-2-3-8)18(10)16-11/h4-5,8-9,13H,2-3,6-7H2,1H3. The van der Waals surface area contributed by atoms with E-state index >= 15 is 0 Å². The molecule has 1 aliphatic heterocycles. The van der Waals surface area contributed by atoms with E-state index in [0.717, 1.165) is 30.4 Å². The van der Waals surface area contributed by atoms with Gasteiger partial charge in [0.25, 0.3) is 0 Å². The van der Waals surface area contributed by atoms with Gasteiger partial charge in [-0.25, -0.2) is 0 Å². The minimum absolute atomic E-state index is 0.573. The van der Waals surface area contributed by atoms with Gasteiger partial charge in [0.2, 0.25) is 0 Å². The molecule has 1 aliphatic carbocycles. The van der Waals surface area contributed by atoms with Crippen molar-refractivity contribution < 1.29 is 0 Å². The molecule has 1 saturated carbocycles. The van der Waals surface area contributed by atoms with Crippen LogP contribution in [0.2, 0.25) is 0 Å². The van der Waals surface area contributed by atoms with Gasteiger partial charge < -0.3 is 10.2 Å². The van der Waals surface area contributed by atoms with Gasteiger partial charge in [-0.15, -0.1) is 15.3 Å². The molecule has 2 aromatic rings. The van der Waals surface area contributed by atoms with Crippen molar-refractivity contribution >= 4 is 11.5 Å². The van der Waals surface area contributed by atoms with Gasteiger partial charge in [0.05, 0.1) is 0 Å². The molecule has 3 heterocycles. The van der Waals surface area contributed by atoms with Crippen LogP contribution in [-0.2, 0) is 0 Å². The highest BCUT2D eigenvalue weighted by atomic mass is 15.4. The lowest BCUT2D eigenvalue weighted by molar-refractivity contribution is 0.445. The fraction of sp³-hybridized carbons (Fsp3) is 0.583. The third-order valence-electron chi connectivity index (χ3n) is 3.83. The molecule has 2 fully saturated rings. The van der Waals surface area contributed by atoms with Crippen LogP contribution in [0, 0.1) is 0 Å². The fourth-order valence-electron chi connectivity index (χ4n) is 2.41. The number of rotatable bonds is 3. The van der Waals surface area contributed by atoms with Crippen LogP contribution in [0.25, 0.3) is 5.65 Å². The Kier molecular flexibility index (Phi) is 2.08. The monoisotopic (exact) mass is 244 g/mol. The lowest BCUT2D eigenvalue weighted by atomic mass is 10.1. The Morgan fingerprint density at radius 3 is 2.78 bits per heavy atom. The molecule has 0 spiro atoms. The first-order valence-electron chi connectivity index (χ1n) is 6.50. The van der Waals surface area contributed by atoms with Gasteiger partial charge in [-0.1, -0.05) is 0 Å². The molecule has 0 radical (unpaired) electrons. The van der Waals surface area contributed by atoms with Crippen LogP contribution in [-0.4, -0.2) is 46.0 Å². The highest BCUT2D eigenvalue weighted by molar-refractivity contribution is 5.48. The summed E-state index contributed by atoms with van der Waals surface area (Å²) in [5, 5.41) is 16.4. The summed E-state index contributed by atoms with van der Waals surface area (Å²) in [7, 11) is 2.00. The van der Waals surface area contributed by atoms with Crippen molar-refractivity contribution in [2.45, 2.75) is 24.8 Å². The average molecular weight is 244 g/mol. The molecule has 0 amide bonds. The zero-order valence-corrected chi connectivity index (χ0v) is 10.4. The molecule has 2 aliphatic rings. The van der Waals surface area contributed by atoms with Crippen LogP contribution in [0.3, 0.4) is 0 Å². The first-order chi connectivity index (χ1) is 8.85. The second kappa shape index (κ2) is 3.65. The number of likely N-dealkylation sites (N-methyl/N-ethyl adjacent to an activating group) is 1. The van der Waals surface area contributed by atoms with E-state index in [1.807, 2.05) is 23.7 Å². The van der Waals surface area contributed by atoms with Crippen molar-refractivity contribution in [3.05, 3.63) is 18.0 Å². The predicted octanol–water partition coefficient (Wildman–Crippen LogP) is 0.410. The maximum absolute atomic E-state index is 4.68. The molecule has 0 atom stereocenters. The number of aromatic nitrogens is 4. The van der Waals surface area contributed by atoms with E-state index in [0.29, 0.717) is 12.0 Å². The van der Waals surface area contributed by atoms with Crippen LogP contribution >= 0.6 is 0 Å². The minimum Gasteiger partial charge on any atom is -0.352 e. The van der Waals surface area contributed by atoms with Crippen LogP contribution < -0.4 is 10.2 Å². The van der Waals surface area contributed by atoms with Crippen molar-refractivity contribution in [1.82, 2.24) is 25.1 Å². The van der Waals surface area contributed by atoms with E-state index in [4.69, 9.17) is 0 Å². The summed E-state index contributed by atoms with van der Waals surface area (Å²) in [5.41, 5.74) is 0.853. The molecule has 94 valence electrons. The lowest BCUT2D eigenvalue weighted by Gasteiger charge is -2.39. The largest absolute Gasteiger partial charge is 0.352 e. The smallest absolute Gasteiger partial charge is 0.178 e. The number of nitrogens with zero attached hydrogens (tertiary/aromatic N) is 5.